The molecule has 5 aromatic rings. The Bertz CT molecular complexity index is 1510. The van der Waals surface area contributed by atoms with Crippen LogP contribution in [0.15, 0.2) is 95.0 Å². The van der Waals surface area contributed by atoms with Gasteiger partial charge in [0.1, 0.15) is 5.56 Å². The molecule has 0 aliphatic carbocycles. The summed E-state index contributed by atoms with van der Waals surface area (Å²) < 4.78 is 1.77. The van der Waals surface area contributed by atoms with E-state index in [2.05, 4.69) is 28.7 Å². The van der Waals surface area contributed by atoms with Gasteiger partial charge in [-0.15, -0.1) is 0 Å². The predicted octanol–water partition coefficient (Wildman–Crippen LogP) is 4.61. The van der Waals surface area contributed by atoms with Crippen molar-refractivity contribution in [2.75, 3.05) is 0 Å². The number of carbonyl (C=O) groups is 1. The highest BCUT2D eigenvalue weighted by Crippen LogP contribution is 2.27. The molecular weight excluding hydrogens is 386 g/mol. The number of aromatic nitrogens is 1. The molecule has 31 heavy (non-hydrogen) atoms. The third-order valence-corrected chi connectivity index (χ3v) is 5.51. The molecule has 0 unspecified atom stereocenters. The molecule has 5 heteroatoms. The van der Waals surface area contributed by atoms with Gasteiger partial charge < -0.3 is 4.57 Å². The third-order valence-electron chi connectivity index (χ3n) is 5.51. The van der Waals surface area contributed by atoms with Crippen LogP contribution in [0.4, 0.5) is 0 Å². The van der Waals surface area contributed by atoms with Crippen LogP contribution in [0.3, 0.4) is 0 Å². The minimum atomic E-state index is -0.535. The lowest BCUT2D eigenvalue weighted by Gasteiger charge is -2.09. The summed E-state index contributed by atoms with van der Waals surface area (Å²) in [7, 11) is 1.81. The van der Waals surface area contributed by atoms with Gasteiger partial charge in [-0.3, -0.25) is 9.59 Å². The Morgan fingerprint density at radius 2 is 1.45 bits per heavy atom. The standard InChI is InChI=1S/C26H19N3O2/c1-29-16-23(25(30)21-12-6-7-13-24(21)29)26(31)28-27-15-22-19-10-4-2-8-17(19)14-18-9-3-5-11-20(18)22/h2-16H,1H3,(H,28,31)/b27-15+. The first kappa shape index (κ1) is 18.8. The zero-order valence-electron chi connectivity index (χ0n) is 16.9. The number of amides is 1. The Balaban J connectivity index is 1.53. The van der Waals surface area contributed by atoms with Crippen LogP contribution < -0.4 is 10.9 Å². The van der Waals surface area contributed by atoms with E-state index in [0.717, 1.165) is 32.6 Å². The number of nitrogens with zero attached hydrogens (tertiary/aromatic N) is 2. The molecule has 1 aromatic heterocycles. The number of aryl methyl sites for hydroxylation is 1. The number of hydrogen-bond acceptors (Lipinski definition) is 3. The number of carbonyl (C=O) groups excluding carboxylic acids is 1. The van der Waals surface area contributed by atoms with Crippen LogP contribution in [-0.4, -0.2) is 16.7 Å². The molecule has 0 spiro atoms. The second kappa shape index (κ2) is 7.54. The van der Waals surface area contributed by atoms with E-state index < -0.39 is 5.91 Å². The van der Waals surface area contributed by atoms with Crippen molar-refractivity contribution in [3.8, 4) is 0 Å². The summed E-state index contributed by atoms with van der Waals surface area (Å²) in [6, 6.07) is 25.5. The monoisotopic (exact) mass is 405 g/mol. The zero-order chi connectivity index (χ0) is 21.4. The maximum atomic E-state index is 12.8. The Hall–Kier alpha value is -4.25. The number of hydrogen-bond donors (Lipinski definition) is 1. The van der Waals surface area contributed by atoms with E-state index in [1.165, 1.54) is 0 Å². The van der Waals surface area contributed by atoms with Crippen molar-refractivity contribution < 1.29 is 4.79 Å². The van der Waals surface area contributed by atoms with E-state index in [4.69, 9.17) is 0 Å². The van der Waals surface area contributed by atoms with E-state index in [9.17, 15) is 9.59 Å². The number of nitrogens with one attached hydrogen (secondary N) is 1. The summed E-state index contributed by atoms with van der Waals surface area (Å²) in [5.41, 5.74) is 3.97. The van der Waals surface area contributed by atoms with Crippen molar-refractivity contribution in [1.29, 1.82) is 0 Å². The predicted molar refractivity (Wildman–Crippen MR) is 126 cm³/mol. The van der Waals surface area contributed by atoms with Crippen LogP contribution in [-0.2, 0) is 7.05 Å². The summed E-state index contributed by atoms with van der Waals surface area (Å²) in [5, 5.41) is 8.97. The van der Waals surface area contributed by atoms with Crippen LogP contribution in [0.25, 0.3) is 32.4 Å². The molecule has 150 valence electrons. The zero-order valence-corrected chi connectivity index (χ0v) is 16.9. The van der Waals surface area contributed by atoms with Crippen molar-refractivity contribution in [3.63, 3.8) is 0 Å². The maximum Gasteiger partial charge on any atom is 0.276 e. The van der Waals surface area contributed by atoms with Crippen LogP contribution in [0.5, 0.6) is 0 Å². The van der Waals surface area contributed by atoms with Gasteiger partial charge in [-0.2, -0.15) is 5.10 Å². The lowest BCUT2D eigenvalue weighted by atomic mass is 9.97. The molecule has 1 amide bonds. The minimum Gasteiger partial charge on any atom is -0.350 e. The van der Waals surface area contributed by atoms with Gasteiger partial charge >= 0.3 is 0 Å². The van der Waals surface area contributed by atoms with Gasteiger partial charge in [0.15, 0.2) is 0 Å². The molecule has 5 nitrogen and oxygen atoms in total. The molecule has 0 saturated heterocycles. The Kier molecular flexibility index (Phi) is 4.56. The molecule has 0 bridgehead atoms. The number of fused-ring (bicyclic) bond motifs is 3. The summed E-state index contributed by atoms with van der Waals surface area (Å²) in [4.78, 5) is 25.5. The van der Waals surface area contributed by atoms with Crippen molar-refractivity contribution in [1.82, 2.24) is 9.99 Å². The van der Waals surface area contributed by atoms with Gasteiger partial charge in [-0.05, 0) is 39.7 Å². The summed E-state index contributed by atoms with van der Waals surface area (Å²) in [6.45, 7) is 0. The lowest BCUT2D eigenvalue weighted by molar-refractivity contribution is 0.0953. The van der Waals surface area contributed by atoms with Crippen LogP contribution >= 0.6 is 0 Å². The first-order chi connectivity index (χ1) is 15.1. The van der Waals surface area contributed by atoms with E-state index in [1.807, 2.05) is 55.6 Å². The van der Waals surface area contributed by atoms with Gasteiger partial charge in [0.05, 0.1) is 11.7 Å². The highest BCUT2D eigenvalue weighted by Gasteiger charge is 2.14. The van der Waals surface area contributed by atoms with Crippen LogP contribution in [0.1, 0.15) is 15.9 Å². The van der Waals surface area contributed by atoms with Crippen molar-refractivity contribution >= 4 is 44.6 Å². The van der Waals surface area contributed by atoms with Crippen molar-refractivity contribution in [3.05, 3.63) is 106 Å². The van der Waals surface area contributed by atoms with Crippen LogP contribution in [0, 0.1) is 0 Å². The van der Waals surface area contributed by atoms with E-state index in [1.54, 1.807) is 29.1 Å². The molecule has 0 fully saturated rings. The van der Waals surface area contributed by atoms with Crippen molar-refractivity contribution in [2.24, 2.45) is 12.1 Å². The van der Waals surface area contributed by atoms with Gasteiger partial charge in [-0.1, -0.05) is 60.7 Å². The lowest BCUT2D eigenvalue weighted by Crippen LogP contribution is -2.26. The van der Waals surface area contributed by atoms with Crippen molar-refractivity contribution in [2.45, 2.75) is 0 Å². The first-order valence-corrected chi connectivity index (χ1v) is 9.96. The molecule has 1 N–H and O–H groups in total. The molecule has 0 radical (unpaired) electrons. The second-order valence-corrected chi connectivity index (χ2v) is 7.43. The third kappa shape index (κ3) is 3.26. The molecule has 0 saturated carbocycles. The number of benzene rings is 4. The Labute approximate surface area is 178 Å². The molecule has 5 rings (SSSR count). The average molecular weight is 405 g/mol. The molecule has 0 aliphatic rings. The summed E-state index contributed by atoms with van der Waals surface area (Å²) >= 11 is 0. The average Bonchev–Trinajstić information content (AvgIpc) is 2.81. The Morgan fingerprint density at radius 3 is 2.13 bits per heavy atom. The fourth-order valence-electron chi connectivity index (χ4n) is 4.01. The number of para-hydroxylation sites is 1. The molecule has 1 heterocycles. The van der Waals surface area contributed by atoms with Gasteiger partial charge in [0.25, 0.3) is 5.91 Å². The molecule has 0 atom stereocenters. The highest BCUT2D eigenvalue weighted by molar-refractivity contribution is 6.13. The van der Waals surface area contributed by atoms with E-state index >= 15 is 0 Å². The minimum absolute atomic E-state index is 0.0566. The number of rotatable bonds is 3. The molecule has 0 aliphatic heterocycles. The highest BCUT2D eigenvalue weighted by atomic mass is 16.2. The molecule has 4 aromatic carbocycles. The fourth-order valence-corrected chi connectivity index (χ4v) is 4.01. The van der Waals surface area contributed by atoms with Crippen LogP contribution in [0.2, 0.25) is 0 Å². The maximum absolute atomic E-state index is 12.8. The van der Waals surface area contributed by atoms with Gasteiger partial charge in [0.2, 0.25) is 5.43 Å². The smallest absolute Gasteiger partial charge is 0.276 e. The first-order valence-electron chi connectivity index (χ1n) is 9.96. The normalized spacial score (nSPS) is 11.5. The van der Waals surface area contributed by atoms with E-state index in [0.29, 0.717) is 5.39 Å². The van der Waals surface area contributed by atoms with Gasteiger partial charge in [0, 0.05) is 24.2 Å². The SMILES string of the molecule is Cn1cc(C(=O)N/N=C/c2c3ccccc3cc3ccccc23)c(=O)c2ccccc21. The topological polar surface area (TPSA) is 63.5 Å². The quantitative estimate of drug-likeness (QED) is 0.271. The number of hydrazone groups is 1. The molecular formula is C26H19N3O2. The Morgan fingerprint density at radius 1 is 0.871 bits per heavy atom. The van der Waals surface area contributed by atoms with Gasteiger partial charge in [-0.25, -0.2) is 5.43 Å². The summed E-state index contributed by atoms with van der Waals surface area (Å²) in [6.07, 6.45) is 3.19. The second-order valence-electron chi connectivity index (χ2n) is 7.43. The number of pyridine rings is 1. The summed E-state index contributed by atoms with van der Waals surface area (Å²) in [5.74, 6) is -0.535. The fraction of sp³-hybridized carbons (Fsp3) is 0.0385. The van der Waals surface area contributed by atoms with E-state index in [-0.39, 0.29) is 11.0 Å². The largest absolute Gasteiger partial charge is 0.350 e.